The minimum Gasteiger partial charge on any atom is -0.479 e. The smallest absolute Gasteiger partial charge is 0.334 e. The fourth-order valence-electron chi connectivity index (χ4n) is 1.55. The maximum absolute atomic E-state index is 11.0. The standard InChI is InChI=1S/C12H14BrNO4/c1-7(15)14-10(11(16)12(17)18)6-8-2-4-9(13)5-3-8/h2-5,10-11,16H,6H2,1H3,(H,14,15)(H,17,18). The number of aliphatic hydroxyl groups excluding tert-OH is 1. The Balaban J connectivity index is 2.80. The highest BCUT2D eigenvalue weighted by molar-refractivity contribution is 9.10. The van der Waals surface area contributed by atoms with E-state index in [4.69, 9.17) is 5.11 Å². The molecule has 0 spiro atoms. The molecule has 0 aliphatic heterocycles. The summed E-state index contributed by atoms with van der Waals surface area (Å²) in [4.78, 5) is 21.8. The van der Waals surface area contributed by atoms with Gasteiger partial charge in [-0.1, -0.05) is 28.1 Å². The molecule has 0 aliphatic rings. The van der Waals surface area contributed by atoms with Crippen LogP contribution in [0.25, 0.3) is 0 Å². The number of carbonyl (C=O) groups excluding carboxylic acids is 1. The van der Waals surface area contributed by atoms with Gasteiger partial charge in [0, 0.05) is 11.4 Å². The highest BCUT2D eigenvalue weighted by Gasteiger charge is 2.26. The van der Waals surface area contributed by atoms with Crippen molar-refractivity contribution < 1.29 is 19.8 Å². The van der Waals surface area contributed by atoms with Gasteiger partial charge < -0.3 is 15.5 Å². The largest absolute Gasteiger partial charge is 0.479 e. The highest BCUT2D eigenvalue weighted by Crippen LogP contribution is 2.13. The summed E-state index contributed by atoms with van der Waals surface area (Å²) in [6.45, 7) is 1.28. The van der Waals surface area contributed by atoms with Crippen LogP contribution in [0.15, 0.2) is 28.7 Å². The van der Waals surface area contributed by atoms with Crippen molar-refractivity contribution in [2.75, 3.05) is 0 Å². The quantitative estimate of drug-likeness (QED) is 0.755. The number of halogens is 1. The number of carboxylic acid groups (broad SMARTS) is 1. The maximum Gasteiger partial charge on any atom is 0.334 e. The van der Waals surface area contributed by atoms with E-state index in [1.165, 1.54) is 6.92 Å². The van der Waals surface area contributed by atoms with Gasteiger partial charge in [0.15, 0.2) is 6.10 Å². The molecule has 0 saturated carbocycles. The lowest BCUT2D eigenvalue weighted by atomic mass is 10.0. The van der Waals surface area contributed by atoms with Crippen molar-refractivity contribution in [2.24, 2.45) is 0 Å². The molecule has 18 heavy (non-hydrogen) atoms. The molecule has 1 aromatic carbocycles. The Bertz CT molecular complexity index is 432. The van der Waals surface area contributed by atoms with Crippen LogP contribution in [0.3, 0.4) is 0 Å². The minimum absolute atomic E-state index is 0.250. The second-order valence-electron chi connectivity index (χ2n) is 3.92. The van der Waals surface area contributed by atoms with E-state index >= 15 is 0 Å². The number of amides is 1. The molecule has 6 heteroatoms. The molecule has 2 atom stereocenters. The summed E-state index contributed by atoms with van der Waals surface area (Å²) in [7, 11) is 0. The number of aliphatic carboxylic acids is 1. The lowest BCUT2D eigenvalue weighted by Crippen LogP contribution is -2.47. The normalized spacial score (nSPS) is 13.7. The van der Waals surface area contributed by atoms with Gasteiger partial charge in [0.2, 0.25) is 5.91 Å². The molecular formula is C12H14BrNO4. The first-order valence-electron chi connectivity index (χ1n) is 5.32. The maximum atomic E-state index is 11.0. The molecule has 0 heterocycles. The van der Waals surface area contributed by atoms with Gasteiger partial charge in [0.05, 0.1) is 6.04 Å². The molecule has 98 valence electrons. The lowest BCUT2D eigenvalue weighted by molar-refractivity contribution is -0.148. The molecule has 5 nitrogen and oxygen atoms in total. The van der Waals surface area contributed by atoms with Gasteiger partial charge >= 0.3 is 5.97 Å². The predicted molar refractivity (Wildman–Crippen MR) is 69.1 cm³/mol. The van der Waals surface area contributed by atoms with Crippen LogP contribution in [0.4, 0.5) is 0 Å². The lowest BCUT2D eigenvalue weighted by Gasteiger charge is -2.20. The van der Waals surface area contributed by atoms with E-state index in [2.05, 4.69) is 21.2 Å². The van der Waals surface area contributed by atoms with Crippen LogP contribution < -0.4 is 5.32 Å². The van der Waals surface area contributed by atoms with Crippen LogP contribution in [-0.4, -0.2) is 34.2 Å². The Morgan fingerprint density at radius 2 is 1.89 bits per heavy atom. The third-order valence-electron chi connectivity index (χ3n) is 2.39. The average Bonchev–Trinajstić information content (AvgIpc) is 2.29. The zero-order valence-corrected chi connectivity index (χ0v) is 11.3. The molecule has 0 fully saturated rings. The van der Waals surface area contributed by atoms with E-state index in [0.29, 0.717) is 0 Å². The zero-order chi connectivity index (χ0) is 13.7. The van der Waals surface area contributed by atoms with Crippen molar-refractivity contribution in [2.45, 2.75) is 25.5 Å². The topological polar surface area (TPSA) is 86.6 Å². The minimum atomic E-state index is -1.63. The zero-order valence-electron chi connectivity index (χ0n) is 9.76. The molecule has 0 aromatic heterocycles. The molecule has 1 aromatic rings. The van der Waals surface area contributed by atoms with E-state index in [-0.39, 0.29) is 12.3 Å². The summed E-state index contributed by atoms with van der Waals surface area (Å²) in [6.07, 6.45) is -1.38. The summed E-state index contributed by atoms with van der Waals surface area (Å²) in [5.41, 5.74) is 0.831. The van der Waals surface area contributed by atoms with Crippen LogP contribution in [0.2, 0.25) is 0 Å². The van der Waals surface area contributed by atoms with Crippen molar-refractivity contribution in [3.63, 3.8) is 0 Å². The first kappa shape index (κ1) is 14.7. The molecular weight excluding hydrogens is 302 g/mol. The summed E-state index contributed by atoms with van der Waals surface area (Å²) in [5.74, 6) is -1.73. The Kier molecular flexibility index (Phi) is 5.30. The Hall–Kier alpha value is -1.40. The predicted octanol–water partition coefficient (Wildman–Crippen LogP) is 0.942. The monoisotopic (exact) mass is 315 g/mol. The summed E-state index contributed by atoms with van der Waals surface area (Å²) >= 11 is 3.29. The van der Waals surface area contributed by atoms with Crippen LogP contribution in [0.1, 0.15) is 12.5 Å². The van der Waals surface area contributed by atoms with E-state index in [0.717, 1.165) is 10.0 Å². The van der Waals surface area contributed by atoms with Crippen molar-refractivity contribution in [1.29, 1.82) is 0 Å². The third kappa shape index (κ3) is 4.46. The first-order chi connectivity index (χ1) is 8.40. The Labute approximate surface area is 113 Å². The van der Waals surface area contributed by atoms with Gasteiger partial charge in [0.1, 0.15) is 0 Å². The summed E-state index contributed by atoms with van der Waals surface area (Å²) in [6, 6.07) is 6.38. The van der Waals surface area contributed by atoms with Gasteiger partial charge in [-0.3, -0.25) is 4.79 Å². The molecule has 1 rings (SSSR count). The molecule has 3 N–H and O–H groups in total. The molecule has 0 radical (unpaired) electrons. The van der Waals surface area contributed by atoms with E-state index < -0.39 is 18.1 Å². The average molecular weight is 316 g/mol. The van der Waals surface area contributed by atoms with Crippen molar-refractivity contribution in [3.05, 3.63) is 34.3 Å². The van der Waals surface area contributed by atoms with Gasteiger partial charge in [-0.2, -0.15) is 0 Å². The second-order valence-corrected chi connectivity index (χ2v) is 4.84. The van der Waals surface area contributed by atoms with Crippen molar-refractivity contribution in [3.8, 4) is 0 Å². The highest BCUT2D eigenvalue weighted by atomic mass is 79.9. The Morgan fingerprint density at radius 1 is 1.33 bits per heavy atom. The number of carboxylic acids is 1. The van der Waals surface area contributed by atoms with E-state index in [1.54, 1.807) is 12.1 Å². The van der Waals surface area contributed by atoms with E-state index in [9.17, 15) is 14.7 Å². The number of rotatable bonds is 5. The van der Waals surface area contributed by atoms with Crippen molar-refractivity contribution >= 4 is 27.8 Å². The summed E-state index contributed by atoms with van der Waals surface area (Å²) in [5, 5.41) is 20.7. The molecule has 1 amide bonds. The van der Waals surface area contributed by atoms with Gasteiger partial charge in [0.25, 0.3) is 0 Å². The number of benzene rings is 1. The summed E-state index contributed by atoms with van der Waals surface area (Å²) < 4.78 is 0.904. The van der Waals surface area contributed by atoms with Gasteiger partial charge in [-0.15, -0.1) is 0 Å². The van der Waals surface area contributed by atoms with Crippen LogP contribution in [0, 0.1) is 0 Å². The third-order valence-corrected chi connectivity index (χ3v) is 2.92. The number of aliphatic hydroxyl groups is 1. The molecule has 0 aliphatic carbocycles. The van der Waals surface area contributed by atoms with Crippen molar-refractivity contribution in [1.82, 2.24) is 5.32 Å². The number of nitrogens with one attached hydrogen (secondary N) is 1. The van der Waals surface area contributed by atoms with E-state index in [1.807, 2.05) is 12.1 Å². The Morgan fingerprint density at radius 3 is 2.33 bits per heavy atom. The molecule has 2 unspecified atom stereocenters. The second kappa shape index (κ2) is 6.51. The van der Waals surface area contributed by atoms with Gasteiger partial charge in [-0.25, -0.2) is 4.79 Å². The van der Waals surface area contributed by atoms with Crippen LogP contribution in [0.5, 0.6) is 0 Å². The number of carbonyl (C=O) groups is 2. The molecule has 0 bridgehead atoms. The van der Waals surface area contributed by atoms with Crippen LogP contribution >= 0.6 is 15.9 Å². The van der Waals surface area contributed by atoms with Crippen LogP contribution in [-0.2, 0) is 16.0 Å². The SMILES string of the molecule is CC(=O)NC(Cc1ccc(Br)cc1)C(O)C(=O)O. The first-order valence-corrected chi connectivity index (χ1v) is 6.12. The van der Waals surface area contributed by atoms with Gasteiger partial charge in [-0.05, 0) is 24.1 Å². The molecule has 0 saturated heterocycles. The fourth-order valence-corrected chi connectivity index (χ4v) is 1.81. The fraction of sp³-hybridized carbons (Fsp3) is 0.333. The number of hydrogen-bond donors (Lipinski definition) is 3. The number of hydrogen-bond acceptors (Lipinski definition) is 3.